The lowest BCUT2D eigenvalue weighted by Gasteiger charge is -2.38. The Morgan fingerprint density at radius 2 is 1.85 bits per heavy atom. The topological polar surface area (TPSA) is 26.8 Å². The van der Waals surface area contributed by atoms with Crippen LogP contribution in [0.15, 0.2) is 36.4 Å². The second-order valence-corrected chi connectivity index (χ2v) is 7.15. The van der Waals surface area contributed by atoms with Gasteiger partial charge in [0.15, 0.2) is 0 Å². The smallest absolute Gasteiger partial charge is 0.223 e. The van der Waals surface area contributed by atoms with Crippen molar-refractivity contribution in [2.75, 3.05) is 45.8 Å². The molecule has 2 aliphatic rings. The van der Waals surface area contributed by atoms with Gasteiger partial charge in [-0.25, -0.2) is 0 Å². The van der Waals surface area contributed by atoms with Gasteiger partial charge in [-0.1, -0.05) is 48.4 Å². The van der Waals surface area contributed by atoms with Crippen molar-refractivity contribution in [2.45, 2.75) is 25.3 Å². The number of nitrogens with zero attached hydrogens (tertiary/aromatic N) is 3. The van der Waals surface area contributed by atoms with Crippen LogP contribution in [0.1, 0.15) is 24.8 Å². The molecule has 4 heteroatoms. The number of rotatable bonds is 5. The van der Waals surface area contributed by atoms with E-state index in [1.54, 1.807) is 0 Å². The number of benzene rings is 1. The largest absolute Gasteiger partial charge is 0.332 e. The lowest BCUT2D eigenvalue weighted by Crippen LogP contribution is -2.50. The summed E-state index contributed by atoms with van der Waals surface area (Å²) in [5.74, 6) is 2.82. The highest BCUT2D eigenvalue weighted by Gasteiger charge is 2.28. The molecule has 1 atom stereocenters. The maximum Gasteiger partial charge on any atom is 0.223 e. The lowest BCUT2D eigenvalue weighted by atomic mass is 10.1. The number of terminal acetylenes is 1. The molecular weight excluding hydrogens is 322 g/mol. The highest BCUT2D eigenvalue weighted by Crippen LogP contribution is 2.19. The third kappa shape index (κ3) is 5.20. The van der Waals surface area contributed by atoms with E-state index in [1.165, 1.54) is 5.56 Å². The quantitative estimate of drug-likeness (QED) is 0.762. The molecule has 1 amide bonds. The van der Waals surface area contributed by atoms with Crippen molar-refractivity contribution < 1.29 is 4.79 Å². The SMILES string of the molecule is C#CCN1CCC(N2CCN(C/C=C/c3ccccc3)CC2)CCC1=O. The first-order valence-corrected chi connectivity index (χ1v) is 9.65. The van der Waals surface area contributed by atoms with Gasteiger partial charge in [-0.3, -0.25) is 14.6 Å². The zero-order chi connectivity index (χ0) is 18.2. The molecule has 4 nitrogen and oxygen atoms in total. The first-order valence-electron chi connectivity index (χ1n) is 9.65. The van der Waals surface area contributed by atoms with Gasteiger partial charge in [-0.15, -0.1) is 6.42 Å². The standard InChI is InChI=1S/C22H29N3O/c1-2-13-25-15-12-21(10-11-22(25)26)24-18-16-23(17-19-24)14-6-9-20-7-4-3-5-8-20/h1,3-9,21H,10-19H2/b9-6+. The molecule has 1 aromatic rings. The molecule has 138 valence electrons. The molecule has 0 bridgehead atoms. The summed E-state index contributed by atoms with van der Waals surface area (Å²) in [5, 5.41) is 0. The summed E-state index contributed by atoms with van der Waals surface area (Å²) in [6.45, 7) is 6.62. The zero-order valence-electron chi connectivity index (χ0n) is 15.5. The molecule has 0 aliphatic carbocycles. The van der Waals surface area contributed by atoms with Gasteiger partial charge in [0.25, 0.3) is 0 Å². The molecule has 2 saturated heterocycles. The van der Waals surface area contributed by atoms with E-state index in [1.807, 2.05) is 11.0 Å². The fraction of sp³-hybridized carbons (Fsp3) is 0.500. The van der Waals surface area contributed by atoms with E-state index >= 15 is 0 Å². The normalized spacial score (nSPS) is 23.1. The Labute approximate surface area is 157 Å². The number of likely N-dealkylation sites (tertiary alicyclic amines) is 1. The second kappa shape index (κ2) is 9.56. The third-order valence-corrected chi connectivity index (χ3v) is 5.46. The molecule has 1 aromatic carbocycles. The average molecular weight is 351 g/mol. The van der Waals surface area contributed by atoms with Gasteiger partial charge in [0.05, 0.1) is 6.54 Å². The molecule has 1 unspecified atom stereocenters. The summed E-state index contributed by atoms with van der Waals surface area (Å²) in [6.07, 6.45) is 12.5. The van der Waals surface area contributed by atoms with E-state index in [0.29, 0.717) is 19.0 Å². The molecular formula is C22H29N3O. The van der Waals surface area contributed by atoms with E-state index in [0.717, 1.165) is 52.1 Å². The van der Waals surface area contributed by atoms with Crippen LogP contribution >= 0.6 is 0 Å². The molecule has 0 radical (unpaired) electrons. The molecule has 2 fully saturated rings. The van der Waals surface area contributed by atoms with Crippen molar-refractivity contribution in [3.8, 4) is 12.3 Å². The number of carbonyl (C=O) groups is 1. The van der Waals surface area contributed by atoms with Crippen molar-refractivity contribution in [2.24, 2.45) is 0 Å². The summed E-state index contributed by atoms with van der Waals surface area (Å²) in [4.78, 5) is 19.0. The first kappa shape index (κ1) is 18.7. The van der Waals surface area contributed by atoms with Crippen LogP contribution in [0.25, 0.3) is 6.08 Å². The highest BCUT2D eigenvalue weighted by atomic mass is 16.2. The van der Waals surface area contributed by atoms with Crippen LogP contribution in [0.2, 0.25) is 0 Å². The predicted molar refractivity (Wildman–Crippen MR) is 107 cm³/mol. The van der Waals surface area contributed by atoms with Crippen LogP contribution in [-0.2, 0) is 4.79 Å². The molecule has 0 aromatic heterocycles. The summed E-state index contributed by atoms with van der Waals surface area (Å²) in [7, 11) is 0. The third-order valence-electron chi connectivity index (χ3n) is 5.46. The summed E-state index contributed by atoms with van der Waals surface area (Å²) in [5.41, 5.74) is 1.26. The number of amides is 1. The van der Waals surface area contributed by atoms with Crippen molar-refractivity contribution in [3.63, 3.8) is 0 Å². The Kier molecular flexibility index (Phi) is 6.88. The van der Waals surface area contributed by atoms with Gasteiger partial charge >= 0.3 is 0 Å². The average Bonchev–Trinajstić information content (AvgIpc) is 2.86. The van der Waals surface area contributed by atoms with Crippen molar-refractivity contribution in [1.29, 1.82) is 0 Å². The van der Waals surface area contributed by atoms with Crippen LogP contribution in [0.3, 0.4) is 0 Å². The Bertz CT molecular complexity index is 641. The fourth-order valence-corrected chi connectivity index (χ4v) is 3.88. The molecule has 2 heterocycles. The van der Waals surface area contributed by atoms with Crippen molar-refractivity contribution in [3.05, 3.63) is 42.0 Å². The van der Waals surface area contributed by atoms with Gasteiger partial charge in [0, 0.05) is 51.7 Å². The van der Waals surface area contributed by atoms with E-state index in [2.05, 4.69) is 52.1 Å². The van der Waals surface area contributed by atoms with Crippen LogP contribution < -0.4 is 0 Å². The van der Waals surface area contributed by atoms with Crippen molar-refractivity contribution in [1.82, 2.24) is 14.7 Å². The van der Waals surface area contributed by atoms with Crippen molar-refractivity contribution >= 4 is 12.0 Å². The maximum absolute atomic E-state index is 12.1. The summed E-state index contributed by atoms with van der Waals surface area (Å²) < 4.78 is 0. The number of carbonyl (C=O) groups excluding carboxylic acids is 1. The lowest BCUT2D eigenvalue weighted by molar-refractivity contribution is -0.130. The van der Waals surface area contributed by atoms with Gasteiger partial charge in [0.2, 0.25) is 5.91 Å². The van der Waals surface area contributed by atoms with E-state index < -0.39 is 0 Å². The molecule has 0 N–H and O–H groups in total. The van der Waals surface area contributed by atoms with Crippen LogP contribution in [0.5, 0.6) is 0 Å². The summed E-state index contributed by atoms with van der Waals surface area (Å²) >= 11 is 0. The van der Waals surface area contributed by atoms with Gasteiger partial charge in [-0.05, 0) is 18.4 Å². The van der Waals surface area contributed by atoms with Gasteiger partial charge in [-0.2, -0.15) is 0 Å². The molecule has 0 saturated carbocycles. The number of hydrogen-bond donors (Lipinski definition) is 0. The minimum Gasteiger partial charge on any atom is -0.332 e. The maximum atomic E-state index is 12.1. The minimum atomic E-state index is 0.218. The van der Waals surface area contributed by atoms with Crippen LogP contribution in [-0.4, -0.2) is 72.5 Å². The molecule has 0 spiro atoms. The Balaban J connectivity index is 1.43. The van der Waals surface area contributed by atoms with E-state index in [-0.39, 0.29) is 5.91 Å². The van der Waals surface area contributed by atoms with Crippen LogP contribution in [0.4, 0.5) is 0 Å². The number of piperazine rings is 1. The Morgan fingerprint density at radius 3 is 2.58 bits per heavy atom. The van der Waals surface area contributed by atoms with E-state index in [4.69, 9.17) is 6.42 Å². The molecule has 3 rings (SSSR count). The van der Waals surface area contributed by atoms with Crippen LogP contribution in [0, 0.1) is 12.3 Å². The number of hydrogen-bond acceptors (Lipinski definition) is 3. The first-order chi connectivity index (χ1) is 12.8. The zero-order valence-corrected chi connectivity index (χ0v) is 15.5. The summed E-state index contributed by atoms with van der Waals surface area (Å²) in [6, 6.07) is 11.0. The predicted octanol–water partition coefficient (Wildman–Crippen LogP) is 2.33. The van der Waals surface area contributed by atoms with Gasteiger partial charge < -0.3 is 4.90 Å². The highest BCUT2D eigenvalue weighted by molar-refractivity contribution is 5.76. The van der Waals surface area contributed by atoms with Gasteiger partial charge in [0.1, 0.15) is 0 Å². The minimum absolute atomic E-state index is 0.218. The second-order valence-electron chi connectivity index (χ2n) is 7.15. The Hall–Kier alpha value is -2.09. The monoisotopic (exact) mass is 351 g/mol. The van der Waals surface area contributed by atoms with E-state index in [9.17, 15) is 4.79 Å². The fourth-order valence-electron chi connectivity index (χ4n) is 3.88. The molecule has 2 aliphatic heterocycles. The Morgan fingerprint density at radius 1 is 1.08 bits per heavy atom. The molecule has 26 heavy (non-hydrogen) atoms.